The maximum absolute atomic E-state index is 5.61. The highest BCUT2D eigenvalue weighted by molar-refractivity contribution is 5.45. The fourth-order valence-electron chi connectivity index (χ4n) is 2.17. The van der Waals surface area contributed by atoms with Gasteiger partial charge >= 0.3 is 0 Å². The average molecular weight is 260 g/mol. The van der Waals surface area contributed by atoms with Crippen molar-refractivity contribution in [2.24, 2.45) is 0 Å². The molecule has 1 aliphatic rings. The minimum atomic E-state index is -0.0247. The van der Waals surface area contributed by atoms with Gasteiger partial charge in [0, 0.05) is 0 Å². The van der Waals surface area contributed by atoms with Crippen LogP contribution in [0.4, 0.5) is 0 Å². The number of nitrogens with one attached hydrogen (secondary N) is 2. The summed E-state index contributed by atoms with van der Waals surface area (Å²) in [4.78, 5) is 4.22. The predicted octanol–water partition coefficient (Wildman–Crippen LogP) is 1.27. The lowest BCUT2D eigenvalue weighted by Gasteiger charge is -2.21. The summed E-state index contributed by atoms with van der Waals surface area (Å²) >= 11 is 0. The Morgan fingerprint density at radius 1 is 1.32 bits per heavy atom. The lowest BCUT2D eigenvalue weighted by atomic mass is 10.1. The van der Waals surface area contributed by atoms with Gasteiger partial charge in [-0.2, -0.15) is 5.10 Å². The number of ether oxygens (including phenoxy) is 2. The molecule has 0 amide bonds. The molecular weight excluding hydrogens is 244 g/mol. The maximum atomic E-state index is 5.61. The summed E-state index contributed by atoms with van der Waals surface area (Å²) in [6.45, 7) is 4.08. The number of benzene rings is 1. The van der Waals surface area contributed by atoms with Gasteiger partial charge in [-0.15, -0.1) is 0 Å². The Balaban J connectivity index is 1.94. The molecule has 2 aromatic rings. The molecule has 0 bridgehead atoms. The third-order valence-electron chi connectivity index (χ3n) is 3.01. The zero-order chi connectivity index (χ0) is 13.1. The fourth-order valence-corrected chi connectivity index (χ4v) is 2.17. The Labute approximate surface area is 111 Å². The fraction of sp³-hybridized carbons (Fsp3) is 0.385. The van der Waals surface area contributed by atoms with E-state index in [4.69, 9.17) is 9.47 Å². The summed E-state index contributed by atoms with van der Waals surface area (Å²) in [6, 6.07) is 5.92. The topological polar surface area (TPSA) is 72.1 Å². The van der Waals surface area contributed by atoms with E-state index in [0.29, 0.717) is 13.2 Å². The molecule has 0 fully saturated rings. The third kappa shape index (κ3) is 2.39. The van der Waals surface area contributed by atoms with E-state index < -0.39 is 0 Å². The van der Waals surface area contributed by atoms with E-state index in [1.807, 2.05) is 18.2 Å². The molecule has 0 saturated carbocycles. The quantitative estimate of drug-likeness (QED) is 0.866. The molecule has 0 aliphatic carbocycles. The van der Waals surface area contributed by atoms with Gasteiger partial charge in [0.05, 0.1) is 6.04 Å². The molecule has 0 spiro atoms. The van der Waals surface area contributed by atoms with E-state index >= 15 is 0 Å². The number of nitrogens with zero attached hydrogens (tertiary/aromatic N) is 2. The minimum absolute atomic E-state index is 0.0247. The Bertz CT molecular complexity index is 542. The van der Waals surface area contributed by atoms with Gasteiger partial charge < -0.3 is 14.8 Å². The first-order valence-corrected chi connectivity index (χ1v) is 6.36. The van der Waals surface area contributed by atoms with Gasteiger partial charge in [0.15, 0.2) is 11.5 Å². The Kier molecular flexibility index (Phi) is 3.33. The summed E-state index contributed by atoms with van der Waals surface area (Å²) in [7, 11) is 0. The van der Waals surface area contributed by atoms with E-state index in [2.05, 4.69) is 27.4 Å². The molecule has 1 atom stereocenters. The molecule has 2 heterocycles. The number of rotatable bonds is 4. The zero-order valence-electron chi connectivity index (χ0n) is 10.7. The van der Waals surface area contributed by atoms with Gasteiger partial charge in [-0.25, -0.2) is 4.98 Å². The van der Waals surface area contributed by atoms with E-state index in [1.165, 1.54) is 6.33 Å². The Morgan fingerprint density at radius 2 is 2.16 bits per heavy atom. The van der Waals surface area contributed by atoms with Gasteiger partial charge in [0.25, 0.3) is 0 Å². The SMILES string of the molecule is CCNC(c1ccc2c(c1)OCCO2)c1ncn[nH]1. The normalized spacial score (nSPS) is 15.2. The van der Waals surface area contributed by atoms with Crippen LogP contribution in [0.25, 0.3) is 0 Å². The zero-order valence-corrected chi connectivity index (χ0v) is 10.7. The van der Waals surface area contributed by atoms with Crippen molar-refractivity contribution in [3.8, 4) is 11.5 Å². The van der Waals surface area contributed by atoms with Crippen molar-refractivity contribution in [3.05, 3.63) is 35.9 Å². The molecule has 19 heavy (non-hydrogen) atoms. The standard InChI is InChI=1S/C13H16N4O2/c1-2-14-12(13-15-8-16-17-13)9-3-4-10-11(7-9)19-6-5-18-10/h3-4,7-8,12,14H,2,5-6H2,1H3,(H,15,16,17). The van der Waals surface area contributed by atoms with Crippen molar-refractivity contribution >= 4 is 0 Å². The molecule has 1 unspecified atom stereocenters. The molecule has 6 nitrogen and oxygen atoms in total. The summed E-state index contributed by atoms with van der Waals surface area (Å²) in [5, 5.41) is 10.2. The van der Waals surface area contributed by atoms with Crippen LogP contribution in [0.1, 0.15) is 24.4 Å². The van der Waals surface area contributed by atoms with Gasteiger partial charge in [-0.05, 0) is 24.2 Å². The van der Waals surface area contributed by atoms with Crippen LogP contribution in [-0.4, -0.2) is 34.9 Å². The van der Waals surface area contributed by atoms with Crippen LogP contribution in [0.3, 0.4) is 0 Å². The Hall–Kier alpha value is -2.08. The smallest absolute Gasteiger partial charge is 0.161 e. The van der Waals surface area contributed by atoms with Gasteiger partial charge in [-0.1, -0.05) is 13.0 Å². The number of hydrogen-bond donors (Lipinski definition) is 2. The second kappa shape index (κ2) is 5.27. The highest BCUT2D eigenvalue weighted by Gasteiger charge is 2.19. The van der Waals surface area contributed by atoms with Crippen molar-refractivity contribution < 1.29 is 9.47 Å². The summed E-state index contributed by atoms with van der Waals surface area (Å²) in [5.41, 5.74) is 1.07. The maximum Gasteiger partial charge on any atom is 0.161 e. The highest BCUT2D eigenvalue weighted by Crippen LogP contribution is 2.33. The molecule has 100 valence electrons. The molecule has 1 aliphatic heterocycles. The van der Waals surface area contributed by atoms with Crippen LogP contribution in [0.2, 0.25) is 0 Å². The lowest BCUT2D eigenvalue weighted by molar-refractivity contribution is 0.171. The van der Waals surface area contributed by atoms with Crippen molar-refractivity contribution in [1.82, 2.24) is 20.5 Å². The number of aromatic amines is 1. The summed E-state index contributed by atoms with van der Waals surface area (Å²) in [6.07, 6.45) is 1.51. The van der Waals surface area contributed by atoms with Crippen LogP contribution in [0.5, 0.6) is 11.5 Å². The largest absolute Gasteiger partial charge is 0.486 e. The summed E-state index contributed by atoms with van der Waals surface area (Å²) in [5.74, 6) is 2.37. The van der Waals surface area contributed by atoms with Gasteiger partial charge in [0.2, 0.25) is 0 Å². The van der Waals surface area contributed by atoms with E-state index in [0.717, 1.165) is 29.4 Å². The first-order chi connectivity index (χ1) is 9.38. The molecule has 2 N–H and O–H groups in total. The first-order valence-electron chi connectivity index (χ1n) is 6.36. The van der Waals surface area contributed by atoms with Crippen LogP contribution in [0.15, 0.2) is 24.5 Å². The van der Waals surface area contributed by atoms with Crippen molar-refractivity contribution in [2.45, 2.75) is 13.0 Å². The first kappa shape index (κ1) is 12.0. The van der Waals surface area contributed by atoms with Crippen molar-refractivity contribution in [2.75, 3.05) is 19.8 Å². The number of hydrogen-bond acceptors (Lipinski definition) is 5. The molecule has 1 aromatic carbocycles. The molecule has 0 radical (unpaired) electrons. The van der Waals surface area contributed by atoms with Crippen LogP contribution in [-0.2, 0) is 0 Å². The second-order valence-electron chi connectivity index (χ2n) is 4.26. The number of H-pyrrole nitrogens is 1. The lowest BCUT2D eigenvalue weighted by Crippen LogP contribution is -2.23. The molecule has 6 heteroatoms. The van der Waals surface area contributed by atoms with E-state index in [1.54, 1.807) is 0 Å². The van der Waals surface area contributed by atoms with E-state index in [9.17, 15) is 0 Å². The Morgan fingerprint density at radius 3 is 2.89 bits per heavy atom. The van der Waals surface area contributed by atoms with Crippen LogP contribution in [0, 0.1) is 0 Å². The van der Waals surface area contributed by atoms with Gasteiger partial charge in [0.1, 0.15) is 25.4 Å². The molecule has 1 aromatic heterocycles. The minimum Gasteiger partial charge on any atom is -0.486 e. The third-order valence-corrected chi connectivity index (χ3v) is 3.01. The number of aromatic nitrogens is 3. The highest BCUT2D eigenvalue weighted by atomic mass is 16.6. The molecular formula is C13H16N4O2. The van der Waals surface area contributed by atoms with Crippen LogP contribution >= 0.6 is 0 Å². The summed E-state index contributed by atoms with van der Waals surface area (Å²) < 4.78 is 11.1. The second-order valence-corrected chi connectivity index (χ2v) is 4.26. The van der Waals surface area contributed by atoms with E-state index in [-0.39, 0.29) is 6.04 Å². The van der Waals surface area contributed by atoms with Crippen molar-refractivity contribution in [1.29, 1.82) is 0 Å². The predicted molar refractivity (Wildman–Crippen MR) is 69.3 cm³/mol. The van der Waals surface area contributed by atoms with Gasteiger partial charge in [-0.3, -0.25) is 5.10 Å². The molecule has 3 rings (SSSR count). The monoisotopic (exact) mass is 260 g/mol. The van der Waals surface area contributed by atoms with Crippen LogP contribution < -0.4 is 14.8 Å². The molecule has 0 saturated heterocycles. The number of fused-ring (bicyclic) bond motifs is 1. The average Bonchev–Trinajstić information content (AvgIpc) is 2.98. The van der Waals surface area contributed by atoms with Crippen molar-refractivity contribution in [3.63, 3.8) is 0 Å².